The van der Waals surface area contributed by atoms with Crippen molar-refractivity contribution in [2.45, 2.75) is 6.92 Å². The van der Waals surface area contributed by atoms with Gasteiger partial charge in [0, 0.05) is 57.7 Å². The number of ether oxygens (including phenoxy) is 1. The average Bonchev–Trinajstić information content (AvgIpc) is 2.71. The van der Waals surface area contributed by atoms with E-state index in [1.807, 2.05) is 36.7 Å². The summed E-state index contributed by atoms with van der Waals surface area (Å²) in [6, 6.07) is 11.7. The number of carbonyl (C=O) groups is 1. The first kappa shape index (κ1) is 19.9. The standard InChI is InChI=1S/C22H27N3O3/c1-18-15-20(26)21(16-23(18)2)28-17-22(27)25-13-11-24(12-14-25)10-6-9-19-7-4-3-5-8-19/h3-9,15-16H,10-14,17H2,1-2H3. The van der Waals surface area contributed by atoms with Crippen LogP contribution in [0, 0.1) is 6.92 Å². The number of aromatic nitrogens is 1. The number of nitrogens with zero attached hydrogens (tertiary/aromatic N) is 3. The van der Waals surface area contributed by atoms with Gasteiger partial charge in [-0.3, -0.25) is 14.5 Å². The van der Waals surface area contributed by atoms with E-state index in [1.165, 1.54) is 11.6 Å². The number of piperazine rings is 1. The van der Waals surface area contributed by atoms with E-state index in [9.17, 15) is 9.59 Å². The largest absolute Gasteiger partial charge is 0.478 e. The molecule has 0 bridgehead atoms. The van der Waals surface area contributed by atoms with Gasteiger partial charge in [-0.1, -0.05) is 42.5 Å². The summed E-state index contributed by atoms with van der Waals surface area (Å²) < 4.78 is 7.29. The van der Waals surface area contributed by atoms with Crippen molar-refractivity contribution in [1.82, 2.24) is 14.4 Å². The second-order valence-electron chi connectivity index (χ2n) is 7.04. The van der Waals surface area contributed by atoms with Gasteiger partial charge < -0.3 is 14.2 Å². The van der Waals surface area contributed by atoms with E-state index in [1.54, 1.807) is 11.1 Å². The Balaban J connectivity index is 1.43. The molecule has 1 aliphatic rings. The molecule has 1 saturated heterocycles. The van der Waals surface area contributed by atoms with Crippen molar-refractivity contribution in [2.24, 2.45) is 7.05 Å². The Morgan fingerprint density at radius 2 is 1.86 bits per heavy atom. The van der Waals surface area contributed by atoms with Crippen molar-refractivity contribution in [2.75, 3.05) is 39.3 Å². The van der Waals surface area contributed by atoms with Gasteiger partial charge in [0.15, 0.2) is 12.4 Å². The second kappa shape index (κ2) is 9.37. The Labute approximate surface area is 165 Å². The van der Waals surface area contributed by atoms with Gasteiger partial charge in [-0.05, 0) is 12.5 Å². The molecule has 2 heterocycles. The van der Waals surface area contributed by atoms with Crippen LogP contribution in [0.25, 0.3) is 6.08 Å². The fraction of sp³-hybridized carbons (Fsp3) is 0.364. The zero-order valence-electron chi connectivity index (χ0n) is 16.5. The van der Waals surface area contributed by atoms with Gasteiger partial charge in [0.05, 0.1) is 0 Å². The molecule has 148 valence electrons. The lowest BCUT2D eigenvalue weighted by Crippen LogP contribution is -2.49. The molecule has 6 nitrogen and oxygen atoms in total. The number of aryl methyl sites for hydroxylation is 2. The van der Waals surface area contributed by atoms with Crippen LogP contribution in [0.4, 0.5) is 0 Å². The van der Waals surface area contributed by atoms with Crippen LogP contribution in [0.1, 0.15) is 11.3 Å². The number of benzene rings is 1. The molecule has 0 saturated carbocycles. The Kier molecular flexibility index (Phi) is 6.66. The summed E-state index contributed by atoms with van der Waals surface area (Å²) in [5.41, 5.74) is 1.84. The third-order valence-corrected chi connectivity index (χ3v) is 5.00. The average molecular weight is 381 g/mol. The molecule has 0 spiro atoms. The summed E-state index contributed by atoms with van der Waals surface area (Å²) in [6.07, 6.45) is 5.90. The zero-order valence-corrected chi connectivity index (χ0v) is 16.5. The van der Waals surface area contributed by atoms with Crippen LogP contribution in [-0.4, -0.2) is 59.6 Å². The molecule has 1 fully saturated rings. The maximum absolute atomic E-state index is 12.4. The lowest BCUT2D eigenvalue weighted by molar-refractivity contribution is -0.135. The molecule has 0 unspecified atom stereocenters. The fourth-order valence-corrected chi connectivity index (χ4v) is 3.13. The van der Waals surface area contributed by atoms with Crippen LogP contribution < -0.4 is 10.2 Å². The fourth-order valence-electron chi connectivity index (χ4n) is 3.13. The summed E-state index contributed by atoms with van der Waals surface area (Å²) in [5.74, 6) is 0.133. The van der Waals surface area contributed by atoms with Gasteiger partial charge in [-0.25, -0.2) is 0 Å². The summed E-state index contributed by atoms with van der Waals surface area (Å²) in [4.78, 5) is 28.5. The molecule has 0 radical (unpaired) electrons. The van der Waals surface area contributed by atoms with Crippen molar-refractivity contribution in [3.8, 4) is 5.75 Å². The van der Waals surface area contributed by atoms with Crippen molar-refractivity contribution in [3.05, 3.63) is 70.2 Å². The molecule has 1 aliphatic heterocycles. The molecule has 0 N–H and O–H groups in total. The maximum atomic E-state index is 12.4. The van der Waals surface area contributed by atoms with Crippen molar-refractivity contribution < 1.29 is 9.53 Å². The smallest absolute Gasteiger partial charge is 0.260 e. The SMILES string of the molecule is Cc1cc(=O)c(OCC(=O)N2CCN(CC=Cc3ccccc3)CC2)cn1C. The van der Waals surface area contributed by atoms with Crippen molar-refractivity contribution in [1.29, 1.82) is 0 Å². The van der Waals surface area contributed by atoms with E-state index >= 15 is 0 Å². The minimum atomic E-state index is -0.196. The highest BCUT2D eigenvalue weighted by molar-refractivity contribution is 5.77. The van der Waals surface area contributed by atoms with Crippen LogP contribution in [0.15, 0.2) is 53.5 Å². The molecular weight excluding hydrogens is 354 g/mol. The lowest BCUT2D eigenvalue weighted by Gasteiger charge is -2.34. The minimum Gasteiger partial charge on any atom is -0.478 e. The van der Waals surface area contributed by atoms with E-state index in [0.717, 1.165) is 25.3 Å². The summed E-state index contributed by atoms with van der Waals surface area (Å²) in [7, 11) is 1.84. The van der Waals surface area contributed by atoms with Crippen molar-refractivity contribution >= 4 is 12.0 Å². The van der Waals surface area contributed by atoms with E-state index < -0.39 is 0 Å². The van der Waals surface area contributed by atoms with E-state index in [2.05, 4.69) is 29.2 Å². The highest BCUT2D eigenvalue weighted by atomic mass is 16.5. The first-order chi connectivity index (χ1) is 13.5. The van der Waals surface area contributed by atoms with Gasteiger partial charge in [-0.2, -0.15) is 0 Å². The first-order valence-corrected chi connectivity index (χ1v) is 9.55. The predicted octanol–water partition coefficient (Wildman–Crippen LogP) is 1.93. The normalized spacial score (nSPS) is 15.1. The molecule has 28 heavy (non-hydrogen) atoms. The number of hydrogen-bond donors (Lipinski definition) is 0. The Morgan fingerprint density at radius 3 is 2.57 bits per heavy atom. The van der Waals surface area contributed by atoms with Gasteiger partial charge in [0.25, 0.3) is 5.91 Å². The Morgan fingerprint density at radius 1 is 1.14 bits per heavy atom. The zero-order chi connectivity index (χ0) is 19.9. The van der Waals surface area contributed by atoms with Gasteiger partial charge in [0.1, 0.15) is 0 Å². The molecule has 0 aliphatic carbocycles. The van der Waals surface area contributed by atoms with E-state index in [4.69, 9.17) is 4.74 Å². The molecule has 6 heteroatoms. The summed E-state index contributed by atoms with van der Waals surface area (Å²) in [6.45, 7) is 5.62. The molecule has 1 aromatic carbocycles. The molecule has 3 rings (SSSR count). The number of carbonyl (C=O) groups excluding carboxylic acids is 1. The molecular formula is C22H27N3O3. The Hall–Kier alpha value is -2.86. The second-order valence-corrected chi connectivity index (χ2v) is 7.04. The summed E-state index contributed by atoms with van der Waals surface area (Å²) >= 11 is 0. The number of rotatable bonds is 6. The number of hydrogen-bond acceptors (Lipinski definition) is 4. The van der Waals surface area contributed by atoms with E-state index in [-0.39, 0.29) is 23.7 Å². The molecule has 2 aromatic rings. The monoisotopic (exact) mass is 381 g/mol. The van der Waals surface area contributed by atoms with Gasteiger partial charge in [0.2, 0.25) is 5.43 Å². The summed E-state index contributed by atoms with van der Waals surface area (Å²) in [5, 5.41) is 0. The van der Waals surface area contributed by atoms with Crippen LogP contribution in [0.2, 0.25) is 0 Å². The lowest BCUT2D eigenvalue weighted by atomic mass is 10.2. The van der Waals surface area contributed by atoms with Gasteiger partial charge >= 0.3 is 0 Å². The topological polar surface area (TPSA) is 54.8 Å². The minimum absolute atomic E-state index is 0.0814. The maximum Gasteiger partial charge on any atom is 0.260 e. The number of amides is 1. The first-order valence-electron chi connectivity index (χ1n) is 9.55. The highest BCUT2D eigenvalue weighted by Gasteiger charge is 2.21. The van der Waals surface area contributed by atoms with E-state index in [0.29, 0.717) is 13.1 Å². The quantitative estimate of drug-likeness (QED) is 0.767. The third-order valence-electron chi connectivity index (χ3n) is 5.00. The number of pyridine rings is 1. The van der Waals surface area contributed by atoms with Crippen LogP contribution >= 0.6 is 0 Å². The van der Waals surface area contributed by atoms with Crippen LogP contribution in [-0.2, 0) is 11.8 Å². The molecule has 1 aromatic heterocycles. The van der Waals surface area contributed by atoms with Gasteiger partial charge in [-0.15, -0.1) is 0 Å². The molecule has 0 atom stereocenters. The van der Waals surface area contributed by atoms with Crippen LogP contribution in [0.5, 0.6) is 5.75 Å². The Bertz CT molecular complexity index is 882. The predicted molar refractivity (Wildman–Crippen MR) is 110 cm³/mol. The van der Waals surface area contributed by atoms with Crippen molar-refractivity contribution in [3.63, 3.8) is 0 Å². The third kappa shape index (κ3) is 5.33. The van der Waals surface area contributed by atoms with Crippen LogP contribution in [0.3, 0.4) is 0 Å². The molecule has 1 amide bonds. The highest BCUT2D eigenvalue weighted by Crippen LogP contribution is 2.07.